The zero-order chi connectivity index (χ0) is 40.3. The first-order valence-corrected chi connectivity index (χ1v) is 19.4. The van der Waals surface area contributed by atoms with E-state index in [2.05, 4.69) is 0 Å². The van der Waals surface area contributed by atoms with Crippen LogP contribution in [-0.4, -0.2) is 23.9 Å². The van der Waals surface area contributed by atoms with Gasteiger partial charge in [0.1, 0.15) is 46.0 Å². The largest absolute Gasteiger partial charge is 0.456 e. The Morgan fingerprint density at radius 1 is 0.411 bits per heavy atom. The molecule has 2 heterocycles. The second-order valence-electron chi connectivity index (χ2n) is 16.2. The van der Waals surface area contributed by atoms with Gasteiger partial charge in [-0.05, 0) is 47.9 Å². The lowest BCUT2D eigenvalue weighted by Crippen LogP contribution is -2.22. The van der Waals surface area contributed by atoms with Gasteiger partial charge in [0.05, 0.1) is 0 Å². The topological polar surface area (TPSA) is 124 Å². The summed E-state index contributed by atoms with van der Waals surface area (Å²) in [6, 6.07) is 21.5. The predicted molar refractivity (Wildman–Crippen MR) is 210 cm³/mol. The van der Waals surface area contributed by atoms with Gasteiger partial charge in [-0.25, -0.2) is 0 Å². The average Bonchev–Trinajstić information content (AvgIpc) is 3.08. The quantitative estimate of drug-likeness (QED) is 0.0960. The number of fused-ring (bicyclic) bond motifs is 4. The van der Waals surface area contributed by atoms with Crippen molar-refractivity contribution in [1.29, 1.82) is 0 Å². The van der Waals surface area contributed by atoms with Crippen LogP contribution in [0.25, 0.3) is 0 Å². The molecule has 0 N–H and O–H groups in total. The lowest BCUT2D eigenvalue weighted by molar-refractivity contribution is -0.136. The Bertz CT molecular complexity index is 1830. The monoisotopic (exact) mass is 762 g/mol. The summed E-state index contributed by atoms with van der Waals surface area (Å²) in [6.45, 7) is 15.6. The highest BCUT2D eigenvalue weighted by Crippen LogP contribution is 2.58. The van der Waals surface area contributed by atoms with E-state index in [1.165, 1.54) is 0 Å². The fourth-order valence-electron chi connectivity index (χ4n) is 7.01. The molecule has 2 aliphatic rings. The van der Waals surface area contributed by atoms with E-state index in [1.54, 1.807) is 48.5 Å². The maximum atomic E-state index is 12.7. The van der Waals surface area contributed by atoms with Crippen LogP contribution in [0.2, 0.25) is 0 Å². The van der Waals surface area contributed by atoms with Crippen molar-refractivity contribution in [2.24, 2.45) is 23.7 Å². The number of hydrogen-bond donors (Lipinski definition) is 0. The van der Waals surface area contributed by atoms with Crippen LogP contribution >= 0.6 is 0 Å². The van der Waals surface area contributed by atoms with Gasteiger partial charge >= 0.3 is 23.9 Å². The van der Waals surface area contributed by atoms with Gasteiger partial charge in [-0.15, -0.1) is 0 Å². The molecule has 0 aliphatic carbocycles. The summed E-state index contributed by atoms with van der Waals surface area (Å²) in [4.78, 5) is 50.8. The SMILES string of the molecule is CC(C)CC(=O)Oc1ccc2c(c1)Oc1cc(OC(=O)CC(C)C)ccc1C2C1c2ccc(OC(=O)CC(C)C)cc2Oc2cc(OC(=O)CC(C)C)ccc21. The summed E-state index contributed by atoms with van der Waals surface area (Å²) in [6.07, 6.45) is 1.03. The standard InChI is InChI=1S/C46H50O10/c1-25(2)17-41(47)51-29-9-13-33-37(21-29)55-38-22-30(52-42(48)18-26(3)4)10-14-34(38)45(33)46-35-15-11-31(53-43(49)19-27(5)6)23-39(35)56-40-24-32(12-16-36(40)46)54-44(50)20-28(7)8/h9-16,21-28,45-46H,17-20H2,1-8H3. The Hall–Kier alpha value is -5.64. The third kappa shape index (κ3) is 9.59. The molecule has 0 fully saturated rings. The van der Waals surface area contributed by atoms with Crippen molar-refractivity contribution in [3.05, 3.63) is 95.1 Å². The minimum Gasteiger partial charge on any atom is -0.456 e. The van der Waals surface area contributed by atoms with E-state index in [9.17, 15) is 19.2 Å². The summed E-state index contributed by atoms with van der Waals surface area (Å²) in [5.74, 6) is 1.50. The molecule has 294 valence electrons. The minimum absolute atomic E-state index is 0.122. The highest BCUT2D eigenvalue weighted by Gasteiger charge is 2.41. The third-order valence-electron chi connectivity index (χ3n) is 9.28. The van der Waals surface area contributed by atoms with Crippen LogP contribution < -0.4 is 28.4 Å². The van der Waals surface area contributed by atoms with Crippen LogP contribution in [0.3, 0.4) is 0 Å². The number of rotatable bonds is 13. The fourth-order valence-corrected chi connectivity index (χ4v) is 7.01. The first kappa shape index (κ1) is 40.0. The summed E-state index contributed by atoms with van der Waals surface area (Å²) in [7, 11) is 0. The molecule has 4 aromatic carbocycles. The number of carbonyl (C=O) groups is 4. The van der Waals surface area contributed by atoms with E-state index in [0.29, 0.717) is 46.0 Å². The van der Waals surface area contributed by atoms with Crippen molar-refractivity contribution in [2.45, 2.75) is 92.9 Å². The molecule has 2 aliphatic heterocycles. The van der Waals surface area contributed by atoms with Gasteiger partial charge in [0.25, 0.3) is 0 Å². The molecule has 0 atom stereocenters. The Balaban J connectivity index is 1.49. The van der Waals surface area contributed by atoms with Gasteiger partial charge < -0.3 is 28.4 Å². The molecule has 10 heteroatoms. The number of carbonyl (C=O) groups excluding carboxylic acids is 4. The Morgan fingerprint density at radius 3 is 0.821 bits per heavy atom. The normalized spacial score (nSPS) is 13.3. The van der Waals surface area contributed by atoms with Crippen LogP contribution in [0.1, 0.15) is 115 Å². The zero-order valence-electron chi connectivity index (χ0n) is 33.3. The lowest BCUT2D eigenvalue weighted by atomic mass is 9.71. The van der Waals surface area contributed by atoms with Crippen molar-refractivity contribution < 1.29 is 47.6 Å². The number of hydrogen-bond acceptors (Lipinski definition) is 10. The second-order valence-corrected chi connectivity index (χ2v) is 16.2. The molecule has 0 radical (unpaired) electrons. The van der Waals surface area contributed by atoms with Crippen molar-refractivity contribution >= 4 is 23.9 Å². The molecular formula is C46H50O10. The molecule has 0 saturated heterocycles. The highest BCUT2D eigenvalue weighted by atomic mass is 16.6. The average molecular weight is 763 g/mol. The van der Waals surface area contributed by atoms with Crippen LogP contribution in [0.15, 0.2) is 72.8 Å². The molecule has 10 nitrogen and oxygen atoms in total. The molecule has 4 aromatic rings. The zero-order valence-corrected chi connectivity index (χ0v) is 33.3. The summed E-state index contributed by atoms with van der Waals surface area (Å²) < 4.78 is 36.0. The van der Waals surface area contributed by atoms with Gasteiger partial charge in [-0.1, -0.05) is 79.7 Å². The van der Waals surface area contributed by atoms with Gasteiger partial charge in [0.15, 0.2) is 0 Å². The Labute approximate surface area is 328 Å². The van der Waals surface area contributed by atoms with Crippen LogP contribution in [0.5, 0.6) is 46.0 Å². The molecule has 6 rings (SSSR count). The van der Waals surface area contributed by atoms with Crippen LogP contribution in [0.4, 0.5) is 0 Å². The maximum absolute atomic E-state index is 12.7. The first-order chi connectivity index (χ1) is 26.6. The van der Waals surface area contributed by atoms with Gasteiger partial charge in [0, 0.05) is 84.0 Å². The van der Waals surface area contributed by atoms with E-state index in [1.807, 2.05) is 79.7 Å². The molecule has 56 heavy (non-hydrogen) atoms. The predicted octanol–water partition coefficient (Wildman–Crippen LogP) is 10.7. The molecule has 0 bridgehead atoms. The van der Waals surface area contributed by atoms with Crippen molar-refractivity contribution in [2.75, 3.05) is 0 Å². The van der Waals surface area contributed by atoms with Crippen LogP contribution in [-0.2, 0) is 19.2 Å². The molecule has 0 saturated carbocycles. The Kier molecular flexibility index (Phi) is 12.2. The summed E-state index contributed by atoms with van der Waals surface area (Å²) >= 11 is 0. The second kappa shape index (κ2) is 17.0. The molecule has 0 amide bonds. The summed E-state index contributed by atoms with van der Waals surface area (Å²) in [5.41, 5.74) is 3.26. The maximum Gasteiger partial charge on any atom is 0.311 e. The first-order valence-electron chi connectivity index (χ1n) is 19.4. The highest BCUT2D eigenvalue weighted by molar-refractivity contribution is 5.76. The molecular weight excluding hydrogens is 712 g/mol. The minimum atomic E-state index is -0.403. The van der Waals surface area contributed by atoms with Crippen molar-refractivity contribution in [3.63, 3.8) is 0 Å². The van der Waals surface area contributed by atoms with E-state index in [4.69, 9.17) is 28.4 Å². The Morgan fingerprint density at radius 2 is 0.625 bits per heavy atom. The third-order valence-corrected chi connectivity index (χ3v) is 9.28. The van der Waals surface area contributed by atoms with E-state index in [0.717, 1.165) is 22.3 Å². The van der Waals surface area contributed by atoms with Gasteiger partial charge in [-0.3, -0.25) is 19.2 Å². The van der Waals surface area contributed by atoms with Crippen LogP contribution in [0, 0.1) is 23.7 Å². The number of ether oxygens (including phenoxy) is 6. The van der Waals surface area contributed by atoms with E-state index >= 15 is 0 Å². The molecule has 0 spiro atoms. The van der Waals surface area contributed by atoms with Crippen molar-refractivity contribution in [3.8, 4) is 46.0 Å². The summed E-state index contributed by atoms with van der Waals surface area (Å²) in [5, 5.41) is 0. The smallest absolute Gasteiger partial charge is 0.311 e. The molecule has 0 aromatic heterocycles. The molecule has 0 unspecified atom stereocenters. The fraction of sp³-hybridized carbons (Fsp3) is 0.391. The van der Waals surface area contributed by atoms with Gasteiger partial charge in [-0.2, -0.15) is 0 Å². The van der Waals surface area contributed by atoms with E-state index < -0.39 is 11.8 Å². The number of benzene rings is 4. The van der Waals surface area contributed by atoms with Gasteiger partial charge in [0.2, 0.25) is 0 Å². The lowest BCUT2D eigenvalue weighted by Gasteiger charge is -2.38. The van der Waals surface area contributed by atoms with E-state index in [-0.39, 0.29) is 73.2 Å². The number of esters is 4. The van der Waals surface area contributed by atoms with Crippen molar-refractivity contribution in [1.82, 2.24) is 0 Å².